The van der Waals surface area contributed by atoms with Gasteiger partial charge in [-0.1, -0.05) is 34.1 Å². The molecule has 1 aromatic heterocycles. The van der Waals surface area contributed by atoms with Crippen LogP contribution in [0.1, 0.15) is 28.8 Å². The number of hydrogen-bond acceptors (Lipinski definition) is 3. The molecular weight excluding hydrogens is 346 g/mol. The van der Waals surface area contributed by atoms with E-state index in [0.29, 0.717) is 6.61 Å². The van der Waals surface area contributed by atoms with Crippen LogP contribution in [0.5, 0.6) is 0 Å². The van der Waals surface area contributed by atoms with Crippen LogP contribution in [0.3, 0.4) is 0 Å². The van der Waals surface area contributed by atoms with Crippen molar-refractivity contribution in [1.29, 1.82) is 0 Å². The third-order valence-electron chi connectivity index (χ3n) is 3.62. The molecule has 2 nitrogen and oxygen atoms in total. The van der Waals surface area contributed by atoms with Crippen molar-refractivity contribution in [2.75, 3.05) is 6.61 Å². The molecule has 1 aliphatic rings. The van der Waals surface area contributed by atoms with E-state index in [9.17, 15) is 0 Å². The average molecular weight is 366 g/mol. The van der Waals surface area contributed by atoms with Gasteiger partial charge >= 0.3 is 0 Å². The molecule has 0 aliphatic heterocycles. The van der Waals surface area contributed by atoms with Crippen LogP contribution in [-0.4, -0.2) is 12.6 Å². The van der Waals surface area contributed by atoms with Gasteiger partial charge in [0.1, 0.15) is 0 Å². The minimum absolute atomic E-state index is 0.669. The Labute approximate surface area is 138 Å². The maximum Gasteiger partial charge on any atom is 0.0727 e. The molecule has 1 saturated carbocycles. The molecule has 4 heteroatoms. The number of nitrogens with one attached hydrogen (secondary N) is 1. The molecule has 0 spiro atoms. The molecule has 2 aromatic rings. The summed E-state index contributed by atoms with van der Waals surface area (Å²) in [5.74, 6) is 0. The first kappa shape index (κ1) is 15.2. The third kappa shape index (κ3) is 4.92. The van der Waals surface area contributed by atoms with E-state index in [0.717, 1.165) is 30.1 Å². The minimum atomic E-state index is 0.669. The fraction of sp³-hybridized carbons (Fsp3) is 0.412. The van der Waals surface area contributed by atoms with Gasteiger partial charge < -0.3 is 10.1 Å². The second-order valence-electron chi connectivity index (χ2n) is 5.46. The lowest BCUT2D eigenvalue weighted by atomic mass is 10.1. The predicted octanol–water partition coefficient (Wildman–Crippen LogP) is 4.52. The summed E-state index contributed by atoms with van der Waals surface area (Å²) in [6, 6.07) is 11.6. The Bertz CT molecular complexity index is 566. The van der Waals surface area contributed by atoms with Gasteiger partial charge in [0.25, 0.3) is 0 Å². The summed E-state index contributed by atoms with van der Waals surface area (Å²) in [4.78, 5) is 1.38. The molecule has 1 aliphatic carbocycles. The molecule has 0 atom stereocenters. The van der Waals surface area contributed by atoms with E-state index in [1.807, 2.05) is 0 Å². The zero-order valence-corrected chi connectivity index (χ0v) is 14.4. The Morgan fingerprint density at radius 3 is 2.90 bits per heavy atom. The molecule has 112 valence electrons. The Kier molecular flexibility index (Phi) is 5.47. The van der Waals surface area contributed by atoms with Gasteiger partial charge in [-0.25, -0.2) is 0 Å². The van der Waals surface area contributed by atoms with Crippen molar-refractivity contribution in [3.8, 4) is 0 Å². The lowest BCUT2D eigenvalue weighted by Crippen LogP contribution is -2.15. The quantitative estimate of drug-likeness (QED) is 0.694. The van der Waals surface area contributed by atoms with Gasteiger partial charge in [-0.2, -0.15) is 0 Å². The number of rotatable bonds is 8. The fourth-order valence-electron chi connectivity index (χ4n) is 2.18. The highest BCUT2D eigenvalue weighted by Gasteiger charge is 2.19. The van der Waals surface area contributed by atoms with Crippen LogP contribution in [0, 0.1) is 0 Å². The maximum atomic E-state index is 5.78. The molecule has 1 fully saturated rings. The molecule has 21 heavy (non-hydrogen) atoms. The monoisotopic (exact) mass is 365 g/mol. The summed E-state index contributed by atoms with van der Waals surface area (Å²) < 4.78 is 6.93. The third-order valence-corrected chi connectivity index (χ3v) is 5.29. The largest absolute Gasteiger partial charge is 0.376 e. The van der Waals surface area contributed by atoms with E-state index in [4.69, 9.17) is 4.74 Å². The average Bonchev–Trinajstić information content (AvgIpc) is 3.17. The molecule has 0 unspecified atom stereocenters. The van der Waals surface area contributed by atoms with Crippen molar-refractivity contribution in [2.24, 2.45) is 0 Å². The van der Waals surface area contributed by atoms with E-state index in [1.165, 1.54) is 28.8 Å². The fourth-order valence-corrected chi connectivity index (χ4v) is 3.41. The van der Waals surface area contributed by atoms with Crippen molar-refractivity contribution < 1.29 is 4.74 Å². The topological polar surface area (TPSA) is 21.3 Å². The first-order valence-corrected chi connectivity index (χ1v) is 9.09. The van der Waals surface area contributed by atoms with Crippen LogP contribution in [0.2, 0.25) is 0 Å². The lowest BCUT2D eigenvalue weighted by molar-refractivity contribution is 0.124. The molecule has 0 radical (unpaired) electrons. The summed E-state index contributed by atoms with van der Waals surface area (Å²) in [7, 11) is 0. The van der Waals surface area contributed by atoms with Crippen LogP contribution in [0.25, 0.3) is 0 Å². The van der Waals surface area contributed by atoms with Gasteiger partial charge in [0.2, 0.25) is 0 Å². The zero-order chi connectivity index (χ0) is 14.5. The Morgan fingerprint density at radius 1 is 1.29 bits per heavy atom. The molecule has 1 heterocycles. The van der Waals surface area contributed by atoms with E-state index in [1.54, 1.807) is 11.3 Å². The van der Waals surface area contributed by atoms with Gasteiger partial charge in [0.15, 0.2) is 0 Å². The molecule has 0 saturated heterocycles. The highest BCUT2D eigenvalue weighted by molar-refractivity contribution is 9.10. The first-order chi connectivity index (χ1) is 10.3. The second-order valence-corrected chi connectivity index (χ2v) is 7.35. The Hall–Kier alpha value is -0.680. The van der Waals surface area contributed by atoms with Crippen molar-refractivity contribution in [1.82, 2.24) is 5.32 Å². The molecule has 1 aromatic carbocycles. The number of thiophene rings is 1. The minimum Gasteiger partial charge on any atom is -0.376 e. The van der Waals surface area contributed by atoms with Crippen LogP contribution < -0.4 is 5.32 Å². The molecule has 3 rings (SSSR count). The van der Waals surface area contributed by atoms with E-state index in [2.05, 4.69) is 57.0 Å². The smallest absolute Gasteiger partial charge is 0.0727 e. The maximum absolute atomic E-state index is 5.78. The molecule has 0 bridgehead atoms. The number of hydrogen-bond donors (Lipinski definition) is 1. The van der Waals surface area contributed by atoms with Gasteiger partial charge in [-0.15, -0.1) is 11.3 Å². The number of benzene rings is 1. The van der Waals surface area contributed by atoms with E-state index < -0.39 is 0 Å². The molecule has 1 N–H and O–H groups in total. The van der Waals surface area contributed by atoms with Gasteiger partial charge in [-0.3, -0.25) is 0 Å². The Morgan fingerprint density at radius 2 is 2.19 bits per heavy atom. The van der Waals surface area contributed by atoms with Crippen LogP contribution in [0.4, 0.5) is 0 Å². The summed E-state index contributed by atoms with van der Waals surface area (Å²) in [5, 5.41) is 5.65. The van der Waals surface area contributed by atoms with Gasteiger partial charge in [-0.05, 0) is 41.5 Å². The van der Waals surface area contributed by atoms with Gasteiger partial charge in [0, 0.05) is 28.4 Å². The van der Waals surface area contributed by atoms with Crippen LogP contribution in [-0.2, 0) is 24.3 Å². The van der Waals surface area contributed by atoms with Crippen molar-refractivity contribution in [3.05, 3.63) is 56.2 Å². The number of ether oxygens (including phenoxy) is 1. The van der Waals surface area contributed by atoms with Crippen molar-refractivity contribution >= 4 is 27.3 Å². The number of halogens is 1. The van der Waals surface area contributed by atoms with Crippen molar-refractivity contribution in [3.63, 3.8) is 0 Å². The van der Waals surface area contributed by atoms with Crippen LogP contribution >= 0.6 is 27.3 Å². The normalized spacial score (nSPS) is 14.5. The van der Waals surface area contributed by atoms with Crippen molar-refractivity contribution in [2.45, 2.75) is 38.5 Å². The summed E-state index contributed by atoms with van der Waals surface area (Å²) >= 11 is 5.45. The van der Waals surface area contributed by atoms with E-state index in [-0.39, 0.29) is 0 Å². The molecular formula is C17H20BrNOS. The molecule has 0 amide bonds. The Balaban J connectivity index is 1.43. The van der Waals surface area contributed by atoms with Gasteiger partial charge in [0.05, 0.1) is 13.2 Å². The highest BCUT2D eigenvalue weighted by atomic mass is 79.9. The van der Waals surface area contributed by atoms with E-state index >= 15 is 0 Å². The highest BCUT2D eigenvalue weighted by Crippen LogP contribution is 2.22. The zero-order valence-electron chi connectivity index (χ0n) is 12.0. The summed E-state index contributed by atoms with van der Waals surface area (Å²) in [6.07, 6.45) is 3.66. The standard InChI is InChI=1S/C17H20BrNOS/c18-17-10-13(11-19-15-5-6-15)3-4-14(17)12-20-8-7-16-2-1-9-21-16/h1-4,9-10,15,19H,5-8,11-12H2. The first-order valence-electron chi connectivity index (χ1n) is 7.42. The predicted molar refractivity (Wildman–Crippen MR) is 91.7 cm³/mol. The lowest BCUT2D eigenvalue weighted by Gasteiger charge is -2.09. The van der Waals surface area contributed by atoms with Crippen LogP contribution in [0.15, 0.2) is 40.2 Å². The second kappa shape index (κ2) is 7.54. The summed E-state index contributed by atoms with van der Waals surface area (Å²) in [5.41, 5.74) is 2.55. The summed E-state index contributed by atoms with van der Waals surface area (Å²) in [6.45, 7) is 2.41. The SMILES string of the molecule is Brc1cc(CNC2CC2)ccc1COCCc1cccs1.